The van der Waals surface area contributed by atoms with Crippen molar-refractivity contribution in [2.75, 3.05) is 18.4 Å². The van der Waals surface area contributed by atoms with Crippen molar-refractivity contribution in [3.63, 3.8) is 0 Å². The summed E-state index contributed by atoms with van der Waals surface area (Å²) >= 11 is 0. The van der Waals surface area contributed by atoms with Gasteiger partial charge in [-0.05, 0) is 56.3 Å². The van der Waals surface area contributed by atoms with Gasteiger partial charge in [0.1, 0.15) is 5.82 Å². The number of nitrogens with one attached hydrogen (secondary N) is 1. The van der Waals surface area contributed by atoms with E-state index in [0.717, 1.165) is 18.4 Å². The molecule has 23 heavy (non-hydrogen) atoms. The maximum atomic E-state index is 4.42. The number of nitrogens with zero attached hydrogens (tertiary/aromatic N) is 4. The average Bonchev–Trinajstić information content (AvgIpc) is 3.35. The number of anilines is 1. The van der Waals surface area contributed by atoms with Crippen LogP contribution < -0.4 is 5.32 Å². The third kappa shape index (κ3) is 3.11. The molecule has 1 saturated carbocycles. The van der Waals surface area contributed by atoms with Gasteiger partial charge in [0.15, 0.2) is 0 Å². The van der Waals surface area contributed by atoms with Crippen molar-refractivity contribution in [2.24, 2.45) is 13.0 Å². The van der Waals surface area contributed by atoms with Crippen LogP contribution in [0.4, 0.5) is 5.82 Å². The fourth-order valence-corrected chi connectivity index (χ4v) is 3.92. The summed E-state index contributed by atoms with van der Waals surface area (Å²) in [5.41, 5.74) is 1.35. The Kier molecular flexibility index (Phi) is 4.04. The van der Waals surface area contributed by atoms with E-state index < -0.39 is 0 Å². The summed E-state index contributed by atoms with van der Waals surface area (Å²) < 4.78 is 2.05. The van der Waals surface area contributed by atoms with Crippen LogP contribution in [0, 0.1) is 5.92 Å². The molecule has 1 N–H and O–H groups in total. The van der Waals surface area contributed by atoms with E-state index in [1.165, 1.54) is 37.9 Å². The zero-order valence-electron chi connectivity index (χ0n) is 13.7. The molecule has 3 heterocycles. The Morgan fingerprint density at radius 3 is 2.78 bits per heavy atom. The third-order valence-electron chi connectivity index (χ3n) is 5.18. The van der Waals surface area contributed by atoms with Crippen LogP contribution in [0.3, 0.4) is 0 Å². The molecular weight excluding hydrogens is 286 g/mol. The van der Waals surface area contributed by atoms with Crippen LogP contribution in [0.1, 0.15) is 37.4 Å². The standard InChI is InChI=1S/C18H25N5/c1-22-16(9-11-21-22)18-14(5-4-12-23(18)15-7-8-15)13-20-17-6-2-3-10-19-17/h2-3,6,9-11,14-15,18H,4-5,7-8,12-13H2,1H3,(H,19,20)/t14-,18+/m0/s1. The van der Waals surface area contributed by atoms with E-state index in [2.05, 4.69) is 38.1 Å². The van der Waals surface area contributed by atoms with E-state index in [9.17, 15) is 0 Å². The molecule has 0 unspecified atom stereocenters. The summed E-state index contributed by atoms with van der Waals surface area (Å²) in [5.74, 6) is 1.57. The van der Waals surface area contributed by atoms with Crippen molar-refractivity contribution >= 4 is 5.82 Å². The number of piperidine rings is 1. The predicted molar refractivity (Wildman–Crippen MR) is 91.1 cm³/mol. The second kappa shape index (κ2) is 6.32. The highest BCUT2D eigenvalue weighted by atomic mass is 15.3. The van der Waals surface area contributed by atoms with Crippen molar-refractivity contribution in [3.8, 4) is 0 Å². The maximum Gasteiger partial charge on any atom is 0.125 e. The first-order valence-electron chi connectivity index (χ1n) is 8.71. The number of aromatic nitrogens is 3. The van der Waals surface area contributed by atoms with Gasteiger partial charge in [-0.2, -0.15) is 5.10 Å². The van der Waals surface area contributed by atoms with E-state index in [4.69, 9.17) is 0 Å². The summed E-state index contributed by atoms with van der Waals surface area (Å²) in [6.07, 6.45) is 9.04. The van der Waals surface area contributed by atoms with Crippen LogP contribution in [-0.2, 0) is 7.05 Å². The minimum atomic E-state index is 0.472. The number of hydrogen-bond acceptors (Lipinski definition) is 4. The van der Waals surface area contributed by atoms with Gasteiger partial charge in [0.25, 0.3) is 0 Å². The highest BCUT2D eigenvalue weighted by Crippen LogP contribution is 2.42. The van der Waals surface area contributed by atoms with Crippen LogP contribution in [-0.4, -0.2) is 38.8 Å². The zero-order chi connectivity index (χ0) is 15.6. The van der Waals surface area contributed by atoms with Crippen molar-refractivity contribution in [2.45, 2.75) is 37.8 Å². The van der Waals surface area contributed by atoms with Gasteiger partial charge in [0.05, 0.1) is 11.7 Å². The molecular formula is C18H25N5. The van der Waals surface area contributed by atoms with Crippen LogP contribution in [0.15, 0.2) is 36.7 Å². The number of hydrogen-bond donors (Lipinski definition) is 1. The van der Waals surface area contributed by atoms with E-state index in [1.807, 2.05) is 30.6 Å². The quantitative estimate of drug-likeness (QED) is 0.922. The average molecular weight is 311 g/mol. The Balaban J connectivity index is 1.54. The van der Waals surface area contributed by atoms with E-state index >= 15 is 0 Å². The first-order chi connectivity index (χ1) is 11.3. The molecule has 2 fully saturated rings. The molecule has 5 heteroatoms. The third-order valence-corrected chi connectivity index (χ3v) is 5.18. The van der Waals surface area contributed by atoms with Crippen LogP contribution >= 0.6 is 0 Å². The Bertz CT molecular complexity index is 634. The molecule has 0 spiro atoms. The normalized spacial score (nSPS) is 25.4. The molecule has 0 amide bonds. The molecule has 2 aromatic rings. The molecule has 2 aliphatic rings. The monoisotopic (exact) mass is 311 g/mol. The van der Waals surface area contributed by atoms with Crippen molar-refractivity contribution in [3.05, 3.63) is 42.4 Å². The molecule has 1 saturated heterocycles. The van der Waals surface area contributed by atoms with Gasteiger partial charge in [0.2, 0.25) is 0 Å². The summed E-state index contributed by atoms with van der Waals surface area (Å²) in [7, 11) is 2.07. The molecule has 1 aliphatic heterocycles. The van der Waals surface area contributed by atoms with Gasteiger partial charge >= 0.3 is 0 Å². The molecule has 2 atom stereocenters. The van der Waals surface area contributed by atoms with E-state index in [0.29, 0.717) is 12.0 Å². The first kappa shape index (κ1) is 14.7. The van der Waals surface area contributed by atoms with Crippen LogP contribution in [0.5, 0.6) is 0 Å². The Morgan fingerprint density at radius 1 is 1.17 bits per heavy atom. The molecule has 0 aromatic carbocycles. The molecule has 4 rings (SSSR count). The smallest absolute Gasteiger partial charge is 0.125 e. The lowest BCUT2D eigenvalue weighted by molar-refractivity contribution is 0.0841. The Labute approximate surface area is 137 Å². The second-order valence-electron chi connectivity index (χ2n) is 6.79. The first-order valence-corrected chi connectivity index (χ1v) is 8.71. The maximum absolute atomic E-state index is 4.42. The van der Waals surface area contributed by atoms with Gasteiger partial charge in [-0.3, -0.25) is 9.58 Å². The van der Waals surface area contributed by atoms with Crippen LogP contribution in [0.25, 0.3) is 0 Å². The molecule has 5 nitrogen and oxygen atoms in total. The number of likely N-dealkylation sites (tertiary alicyclic amines) is 1. The van der Waals surface area contributed by atoms with Gasteiger partial charge in [0, 0.05) is 32.0 Å². The molecule has 122 valence electrons. The molecule has 1 aliphatic carbocycles. The van der Waals surface area contributed by atoms with Gasteiger partial charge in [-0.15, -0.1) is 0 Å². The highest BCUT2D eigenvalue weighted by Gasteiger charge is 2.41. The number of aryl methyl sites for hydroxylation is 1. The second-order valence-corrected chi connectivity index (χ2v) is 6.79. The van der Waals surface area contributed by atoms with Crippen LogP contribution in [0.2, 0.25) is 0 Å². The Hall–Kier alpha value is -1.88. The van der Waals surface area contributed by atoms with Gasteiger partial charge in [-0.1, -0.05) is 6.07 Å². The Morgan fingerprint density at radius 2 is 2.09 bits per heavy atom. The van der Waals surface area contributed by atoms with Crippen molar-refractivity contribution in [1.82, 2.24) is 19.7 Å². The summed E-state index contributed by atoms with van der Waals surface area (Å²) in [6, 6.07) is 9.48. The summed E-state index contributed by atoms with van der Waals surface area (Å²) in [5, 5.41) is 7.95. The van der Waals surface area contributed by atoms with E-state index in [-0.39, 0.29) is 0 Å². The van der Waals surface area contributed by atoms with Gasteiger partial charge < -0.3 is 5.32 Å². The lowest BCUT2D eigenvalue weighted by Crippen LogP contribution is -2.43. The fraction of sp³-hybridized carbons (Fsp3) is 0.556. The number of pyridine rings is 1. The largest absolute Gasteiger partial charge is 0.370 e. The minimum Gasteiger partial charge on any atom is -0.370 e. The molecule has 2 aromatic heterocycles. The highest BCUT2D eigenvalue weighted by molar-refractivity contribution is 5.33. The lowest BCUT2D eigenvalue weighted by Gasteiger charge is -2.41. The SMILES string of the molecule is Cn1nccc1[C@H]1[C@H](CNc2ccccn2)CCCN1C1CC1. The molecule has 0 bridgehead atoms. The lowest BCUT2D eigenvalue weighted by atomic mass is 9.86. The fourth-order valence-electron chi connectivity index (χ4n) is 3.92. The summed E-state index contributed by atoms with van der Waals surface area (Å²) in [4.78, 5) is 7.12. The van der Waals surface area contributed by atoms with Crippen molar-refractivity contribution in [1.29, 1.82) is 0 Å². The minimum absolute atomic E-state index is 0.472. The van der Waals surface area contributed by atoms with Crippen molar-refractivity contribution < 1.29 is 0 Å². The summed E-state index contributed by atoms with van der Waals surface area (Å²) in [6.45, 7) is 2.19. The number of rotatable bonds is 5. The van der Waals surface area contributed by atoms with Gasteiger partial charge in [-0.25, -0.2) is 4.98 Å². The molecule has 0 radical (unpaired) electrons. The van der Waals surface area contributed by atoms with E-state index in [1.54, 1.807) is 0 Å². The topological polar surface area (TPSA) is 46.0 Å². The zero-order valence-corrected chi connectivity index (χ0v) is 13.7. The predicted octanol–water partition coefficient (Wildman–Crippen LogP) is 2.84.